The average molecular weight is 367 g/mol. The topological polar surface area (TPSA) is 9.23 Å². The lowest BCUT2D eigenvalue weighted by atomic mass is 9.53. The first-order valence-electron chi connectivity index (χ1n) is 11.2. The second-order valence-corrected chi connectivity index (χ2v) is 10.4. The zero-order chi connectivity index (χ0) is 19.1. The fourth-order valence-electron chi connectivity index (χ4n) is 6.63. The molecule has 0 amide bonds. The SMILES string of the molecule is CC1=C2CC[C@]3(C)CCC[C@@H](OCc4ccccc4)[C@H]3C[C@H](CC1)C2(C)C. The molecule has 3 aliphatic rings. The number of hydrogen-bond acceptors (Lipinski definition) is 1. The van der Waals surface area contributed by atoms with Crippen LogP contribution in [0, 0.1) is 22.7 Å². The normalized spacial score (nSPS) is 35.9. The molecule has 3 aliphatic carbocycles. The number of rotatable bonds is 3. The molecule has 0 saturated heterocycles. The van der Waals surface area contributed by atoms with Crippen molar-refractivity contribution in [3.63, 3.8) is 0 Å². The fourth-order valence-corrected chi connectivity index (χ4v) is 6.63. The highest BCUT2D eigenvalue weighted by Crippen LogP contribution is 2.58. The lowest BCUT2D eigenvalue weighted by molar-refractivity contribution is -0.0945. The summed E-state index contributed by atoms with van der Waals surface area (Å²) in [5.41, 5.74) is 5.65. The molecule has 0 N–H and O–H groups in total. The van der Waals surface area contributed by atoms with Crippen LogP contribution in [-0.4, -0.2) is 6.10 Å². The molecule has 0 spiro atoms. The summed E-state index contributed by atoms with van der Waals surface area (Å²) in [5, 5.41) is 0. The van der Waals surface area contributed by atoms with Gasteiger partial charge in [0.15, 0.2) is 0 Å². The maximum atomic E-state index is 6.62. The minimum Gasteiger partial charge on any atom is -0.373 e. The van der Waals surface area contributed by atoms with E-state index >= 15 is 0 Å². The molecule has 0 unspecified atom stereocenters. The number of ether oxygens (including phenoxy) is 1. The van der Waals surface area contributed by atoms with Gasteiger partial charge in [-0.2, -0.15) is 0 Å². The van der Waals surface area contributed by atoms with Gasteiger partial charge in [-0.05, 0) is 80.1 Å². The highest BCUT2D eigenvalue weighted by Gasteiger charge is 2.49. The summed E-state index contributed by atoms with van der Waals surface area (Å²) in [4.78, 5) is 0. The van der Waals surface area contributed by atoms with Crippen molar-refractivity contribution in [1.82, 2.24) is 0 Å². The van der Waals surface area contributed by atoms with Crippen LogP contribution >= 0.6 is 0 Å². The van der Waals surface area contributed by atoms with Gasteiger partial charge in [-0.25, -0.2) is 0 Å². The van der Waals surface area contributed by atoms with Gasteiger partial charge in [-0.15, -0.1) is 0 Å². The molecule has 4 atom stereocenters. The van der Waals surface area contributed by atoms with Crippen LogP contribution in [0.3, 0.4) is 0 Å². The Kier molecular flexibility index (Phi) is 5.27. The van der Waals surface area contributed by atoms with Gasteiger partial charge >= 0.3 is 0 Å². The van der Waals surface area contributed by atoms with E-state index in [1.807, 2.05) is 0 Å². The van der Waals surface area contributed by atoms with Crippen molar-refractivity contribution in [2.45, 2.75) is 91.8 Å². The lowest BCUT2D eigenvalue weighted by Crippen LogP contribution is -2.47. The standard InChI is InChI=1S/C26H38O/c1-19-12-13-21-17-23-24(27-18-20-9-6-5-7-10-20)11-8-15-26(23,4)16-14-22(19)25(21,2)3/h5-7,9-10,21,23-24H,8,11-18H2,1-4H3/t21-,23+,24+,26-/m0/s1. The quantitative estimate of drug-likeness (QED) is 0.509. The van der Waals surface area contributed by atoms with Crippen LogP contribution in [0.4, 0.5) is 0 Å². The minimum atomic E-state index is 0.380. The van der Waals surface area contributed by atoms with E-state index in [1.165, 1.54) is 56.9 Å². The second-order valence-electron chi connectivity index (χ2n) is 10.4. The summed E-state index contributed by atoms with van der Waals surface area (Å²) in [7, 11) is 0. The Hall–Kier alpha value is -1.08. The van der Waals surface area contributed by atoms with Crippen LogP contribution in [-0.2, 0) is 11.3 Å². The number of allylic oxidation sites excluding steroid dienone is 2. The third kappa shape index (κ3) is 3.65. The van der Waals surface area contributed by atoms with Crippen molar-refractivity contribution in [2.24, 2.45) is 22.7 Å². The van der Waals surface area contributed by atoms with E-state index in [2.05, 4.69) is 58.0 Å². The zero-order valence-electron chi connectivity index (χ0n) is 17.9. The Morgan fingerprint density at radius 2 is 1.78 bits per heavy atom. The number of hydrogen-bond donors (Lipinski definition) is 0. The van der Waals surface area contributed by atoms with Crippen molar-refractivity contribution < 1.29 is 4.74 Å². The zero-order valence-corrected chi connectivity index (χ0v) is 17.9. The van der Waals surface area contributed by atoms with Gasteiger partial charge in [0.1, 0.15) is 0 Å². The molecule has 2 saturated carbocycles. The second kappa shape index (κ2) is 7.39. The molecule has 1 aromatic rings. The highest BCUT2D eigenvalue weighted by atomic mass is 16.5. The van der Waals surface area contributed by atoms with Crippen LogP contribution in [0.5, 0.6) is 0 Å². The van der Waals surface area contributed by atoms with Crippen LogP contribution in [0.1, 0.15) is 84.6 Å². The summed E-state index contributed by atoms with van der Waals surface area (Å²) in [5.74, 6) is 1.54. The maximum Gasteiger partial charge on any atom is 0.0720 e. The summed E-state index contributed by atoms with van der Waals surface area (Å²) in [6.07, 6.45) is 11.1. The average Bonchev–Trinajstić information content (AvgIpc) is 2.64. The van der Waals surface area contributed by atoms with Crippen molar-refractivity contribution >= 4 is 0 Å². The molecule has 0 aromatic heterocycles. The van der Waals surface area contributed by atoms with Crippen LogP contribution in [0.2, 0.25) is 0 Å². The van der Waals surface area contributed by atoms with Crippen molar-refractivity contribution in [1.29, 1.82) is 0 Å². The Morgan fingerprint density at radius 3 is 2.56 bits per heavy atom. The summed E-state index contributed by atoms with van der Waals surface area (Å²) < 4.78 is 6.62. The highest BCUT2D eigenvalue weighted by molar-refractivity contribution is 5.25. The van der Waals surface area contributed by atoms with Crippen LogP contribution < -0.4 is 0 Å². The van der Waals surface area contributed by atoms with E-state index < -0.39 is 0 Å². The van der Waals surface area contributed by atoms with Gasteiger partial charge < -0.3 is 4.74 Å². The molecule has 148 valence electrons. The number of benzene rings is 1. The Labute approximate surface area is 166 Å². The predicted molar refractivity (Wildman–Crippen MR) is 114 cm³/mol. The molecular weight excluding hydrogens is 328 g/mol. The van der Waals surface area contributed by atoms with Gasteiger partial charge in [0.05, 0.1) is 12.7 Å². The minimum absolute atomic E-state index is 0.380. The molecule has 1 nitrogen and oxygen atoms in total. The molecule has 27 heavy (non-hydrogen) atoms. The molecule has 2 fully saturated rings. The smallest absolute Gasteiger partial charge is 0.0720 e. The summed E-state index contributed by atoms with van der Waals surface area (Å²) in [6.45, 7) is 10.8. The van der Waals surface area contributed by atoms with Gasteiger partial charge in [0.2, 0.25) is 0 Å². The largest absolute Gasteiger partial charge is 0.373 e. The molecule has 1 heteroatoms. The van der Waals surface area contributed by atoms with E-state index in [4.69, 9.17) is 4.74 Å². The van der Waals surface area contributed by atoms with Crippen molar-refractivity contribution in [3.8, 4) is 0 Å². The van der Waals surface area contributed by atoms with Gasteiger partial charge in [0.25, 0.3) is 0 Å². The first-order valence-corrected chi connectivity index (χ1v) is 11.2. The third-order valence-electron chi connectivity index (χ3n) is 8.55. The Bertz CT molecular complexity index is 685. The first kappa shape index (κ1) is 19.2. The summed E-state index contributed by atoms with van der Waals surface area (Å²) in [6, 6.07) is 10.7. The molecule has 0 heterocycles. The summed E-state index contributed by atoms with van der Waals surface area (Å²) >= 11 is 0. The van der Waals surface area contributed by atoms with Crippen LogP contribution in [0.15, 0.2) is 41.5 Å². The van der Waals surface area contributed by atoms with Gasteiger partial charge in [-0.1, -0.05) is 68.7 Å². The molecule has 0 aliphatic heterocycles. The Balaban J connectivity index is 1.57. The van der Waals surface area contributed by atoms with E-state index in [0.717, 1.165) is 18.4 Å². The van der Waals surface area contributed by atoms with E-state index in [1.54, 1.807) is 11.1 Å². The van der Waals surface area contributed by atoms with Gasteiger partial charge in [0, 0.05) is 0 Å². The molecular formula is C26H38O. The van der Waals surface area contributed by atoms with Crippen LogP contribution in [0.25, 0.3) is 0 Å². The third-order valence-corrected chi connectivity index (χ3v) is 8.55. The first-order chi connectivity index (χ1) is 12.9. The number of fused-ring (bicyclic) bond motifs is 3. The molecule has 4 rings (SSSR count). The lowest BCUT2D eigenvalue weighted by Gasteiger charge is -2.54. The van der Waals surface area contributed by atoms with Gasteiger partial charge in [-0.3, -0.25) is 0 Å². The predicted octanol–water partition coefficient (Wildman–Crippen LogP) is 7.31. The Morgan fingerprint density at radius 1 is 1.00 bits per heavy atom. The maximum absolute atomic E-state index is 6.62. The molecule has 0 radical (unpaired) electrons. The van der Waals surface area contributed by atoms with Crippen molar-refractivity contribution in [3.05, 3.63) is 47.0 Å². The fraction of sp³-hybridized carbons (Fsp3) is 0.692. The molecule has 1 aromatic carbocycles. The van der Waals surface area contributed by atoms with E-state index in [-0.39, 0.29) is 0 Å². The monoisotopic (exact) mass is 366 g/mol. The molecule has 2 bridgehead atoms. The van der Waals surface area contributed by atoms with Crippen molar-refractivity contribution in [2.75, 3.05) is 0 Å². The van der Waals surface area contributed by atoms with E-state index in [0.29, 0.717) is 16.9 Å². The van der Waals surface area contributed by atoms with E-state index in [9.17, 15) is 0 Å².